The summed E-state index contributed by atoms with van der Waals surface area (Å²) < 4.78 is 21.5. The van der Waals surface area contributed by atoms with Crippen molar-refractivity contribution >= 4 is 0 Å². The minimum Gasteiger partial charge on any atom is -0.497 e. The van der Waals surface area contributed by atoms with Gasteiger partial charge in [-0.1, -0.05) is 6.07 Å². The van der Waals surface area contributed by atoms with Gasteiger partial charge in [0.05, 0.1) is 40.1 Å². The molecule has 1 heterocycles. The highest BCUT2D eigenvalue weighted by Gasteiger charge is 2.14. The number of benzene rings is 1. The first-order valence-electron chi connectivity index (χ1n) is 6.44. The molecule has 1 aliphatic heterocycles. The van der Waals surface area contributed by atoms with Crippen molar-refractivity contribution in [2.24, 2.45) is 0 Å². The van der Waals surface area contributed by atoms with E-state index in [1.165, 1.54) is 0 Å². The number of ether oxygens (including phenoxy) is 4. The van der Waals surface area contributed by atoms with Crippen molar-refractivity contribution in [3.63, 3.8) is 0 Å². The van der Waals surface area contributed by atoms with E-state index in [-0.39, 0.29) is 6.10 Å². The number of hydrogen-bond acceptors (Lipinski definition) is 5. The molecule has 1 unspecified atom stereocenters. The second-order valence-corrected chi connectivity index (χ2v) is 4.38. The van der Waals surface area contributed by atoms with Gasteiger partial charge in [-0.2, -0.15) is 0 Å². The zero-order valence-electron chi connectivity index (χ0n) is 11.5. The molecule has 1 fully saturated rings. The average Bonchev–Trinajstić information content (AvgIpc) is 2.48. The minimum absolute atomic E-state index is 0.137. The van der Waals surface area contributed by atoms with Crippen LogP contribution in [-0.4, -0.2) is 46.7 Å². The second-order valence-electron chi connectivity index (χ2n) is 4.38. The Kier molecular flexibility index (Phi) is 5.44. The minimum atomic E-state index is 0.137. The SMILES string of the molecule is COc1ccc(CNCC2COCCO2)c(OC)c1. The van der Waals surface area contributed by atoms with Gasteiger partial charge in [0.2, 0.25) is 0 Å². The standard InChI is InChI=1S/C14H21NO4/c1-16-12-4-3-11(14(7-12)17-2)8-15-9-13-10-18-5-6-19-13/h3-4,7,13,15H,5-6,8-10H2,1-2H3. The van der Waals surface area contributed by atoms with Crippen LogP contribution >= 0.6 is 0 Å². The Hall–Kier alpha value is -1.30. The van der Waals surface area contributed by atoms with E-state index in [9.17, 15) is 0 Å². The van der Waals surface area contributed by atoms with Crippen molar-refractivity contribution in [2.45, 2.75) is 12.6 Å². The number of hydrogen-bond donors (Lipinski definition) is 1. The number of methoxy groups -OCH3 is 2. The van der Waals surface area contributed by atoms with E-state index >= 15 is 0 Å². The van der Waals surface area contributed by atoms with Crippen LogP contribution in [0.15, 0.2) is 18.2 Å². The molecule has 5 heteroatoms. The van der Waals surface area contributed by atoms with Gasteiger partial charge >= 0.3 is 0 Å². The lowest BCUT2D eigenvalue weighted by Crippen LogP contribution is -2.37. The highest BCUT2D eigenvalue weighted by molar-refractivity contribution is 5.40. The Labute approximate surface area is 113 Å². The zero-order valence-corrected chi connectivity index (χ0v) is 11.5. The van der Waals surface area contributed by atoms with Crippen molar-refractivity contribution < 1.29 is 18.9 Å². The summed E-state index contributed by atoms with van der Waals surface area (Å²) in [5.41, 5.74) is 1.10. The van der Waals surface area contributed by atoms with Crippen LogP contribution in [0.3, 0.4) is 0 Å². The third kappa shape index (κ3) is 4.09. The molecule has 0 radical (unpaired) electrons. The molecule has 19 heavy (non-hydrogen) atoms. The maximum atomic E-state index is 5.57. The van der Waals surface area contributed by atoms with E-state index in [2.05, 4.69) is 5.32 Å². The van der Waals surface area contributed by atoms with E-state index in [0.29, 0.717) is 19.8 Å². The van der Waals surface area contributed by atoms with Crippen LogP contribution in [0.4, 0.5) is 0 Å². The van der Waals surface area contributed by atoms with Gasteiger partial charge in [-0.05, 0) is 6.07 Å². The van der Waals surface area contributed by atoms with E-state index in [4.69, 9.17) is 18.9 Å². The smallest absolute Gasteiger partial charge is 0.127 e. The fraction of sp³-hybridized carbons (Fsp3) is 0.571. The fourth-order valence-corrected chi connectivity index (χ4v) is 2.02. The topological polar surface area (TPSA) is 49.0 Å². The Bertz CT molecular complexity index is 391. The van der Waals surface area contributed by atoms with Gasteiger partial charge in [-0.25, -0.2) is 0 Å². The summed E-state index contributed by atoms with van der Waals surface area (Å²) in [6.45, 7) is 3.54. The molecule has 1 aromatic carbocycles. The van der Waals surface area contributed by atoms with Crippen molar-refractivity contribution in [3.8, 4) is 11.5 Å². The van der Waals surface area contributed by atoms with Gasteiger partial charge in [0.15, 0.2) is 0 Å². The van der Waals surface area contributed by atoms with Gasteiger partial charge in [0.25, 0.3) is 0 Å². The molecule has 0 aliphatic carbocycles. The van der Waals surface area contributed by atoms with E-state index in [1.54, 1.807) is 14.2 Å². The lowest BCUT2D eigenvalue weighted by atomic mass is 10.2. The molecule has 1 atom stereocenters. The maximum Gasteiger partial charge on any atom is 0.127 e. The van der Waals surface area contributed by atoms with Crippen LogP contribution in [0.25, 0.3) is 0 Å². The van der Waals surface area contributed by atoms with Crippen molar-refractivity contribution in [1.82, 2.24) is 5.32 Å². The van der Waals surface area contributed by atoms with E-state index in [1.807, 2.05) is 18.2 Å². The Morgan fingerprint density at radius 3 is 2.84 bits per heavy atom. The average molecular weight is 267 g/mol. The van der Waals surface area contributed by atoms with Crippen LogP contribution < -0.4 is 14.8 Å². The van der Waals surface area contributed by atoms with Crippen LogP contribution in [0, 0.1) is 0 Å². The van der Waals surface area contributed by atoms with Crippen molar-refractivity contribution in [2.75, 3.05) is 40.6 Å². The first kappa shape index (κ1) is 14.1. The predicted molar refractivity (Wildman–Crippen MR) is 71.8 cm³/mol. The fourth-order valence-electron chi connectivity index (χ4n) is 2.02. The Balaban J connectivity index is 1.84. The Morgan fingerprint density at radius 1 is 1.26 bits per heavy atom. The van der Waals surface area contributed by atoms with Gasteiger partial charge in [0.1, 0.15) is 11.5 Å². The van der Waals surface area contributed by atoms with Crippen LogP contribution in [0.5, 0.6) is 11.5 Å². The summed E-state index contributed by atoms with van der Waals surface area (Å²) in [5, 5.41) is 3.36. The molecule has 0 bridgehead atoms. The highest BCUT2D eigenvalue weighted by atomic mass is 16.6. The second kappa shape index (κ2) is 7.33. The Morgan fingerprint density at radius 2 is 2.16 bits per heavy atom. The summed E-state index contributed by atoms with van der Waals surface area (Å²) in [6, 6.07) is 5.82. The maximum absolute atomic E-state index is 5.57. The lowest BCUT2D eigenvalue weighted by Gasteiger charge is -2.23. The third-order valence-electron chi connectivity index (χ3n) is 3.07. The lowest BCUT2D eigenvalue weighted by molar-refractivity contribution is -0.0864. The molecule has 0 spiro atoms. The molecule has 1 N–H and O–H groups in total. The summed E-state index contributed by atoms with van der Waals surface area (Å²) >= 11 is 0. The van der Waals surface area contributed by atoms with Gasteiger partial charge < -0.3 is 24.3 Å². The van der Waals surface area contributed by atoms with Crippen LogP contribution in [0.2, 0.25) is 0 Å². The summed E-state index contributed by atoms with van der Waals surface area (Å²) in [6.07, 6.45) is 0.137. The molecule has 106 valence electrons. The molecule has 1 aromatic rings. The summed E-state index contributed by atoms with van der Waals surface area (Å²) in [5.74, 6) is 1.62. The van der Waals surface area contributed by atoms with Gasteiger partial charge in [0, 0.05) is 24.7 Å². The predicted octanol–water partition coefficient (Wildman–Crippen LogP) is 1.21. The molecule has 0 aromatic heterocycles. The van der Waals surface area contributed by atoms with Crippen LogP contribution in [0.1, 0.15) is 5.56 Å². The summed E-state index contributed by atoms with van der Waals surface area (Å²) in [4.78, 5) is 0. The van der Waals surface area contributed by atoms with Gasteiger partial charge in [-0.15, -0.1) is 0 Å². The molecule has 1 saturated heterocycles. The molecule has 5 nitrogen and oxygen atoms in total. The first-order chi connectivity index (χ1) is 9.33. The molecule has 1 aliphatic rings. The molecule has 0 saturated carbocycles. The molecule has 0 amide bonds. The monoisotopic (exact) mass is 267 g/mol. The van der Waals surface area contributed by atoms with Gasteiger partial charge in [-0.3, -0.25) is 0 Å². The zero-order chi connectivity index (χ0) is 13.5. The van der Waals surface area contributed by atoms with Crippen molar-refractivity contribution in [1.29, 1.82) is 0 Å². The quantitative estimate of drug-likeness (QED) is 0.839. The van der Waals surface area contributed by atoms with Crippen molar-refractivity contribution in [3.05, 3.63) is 23.8 Å². The van der Waals surface area contributed by atoms with E-state index in [0.717, 1.165) is 30.2 Å². The molecular weight excluding hydrogens is 246 g/mol. The molecular formula is C14H21NO4. The number of nitrogens with one attached hydrogen (secondary N) is 1. The summed E-state index contributed by atoms with van der Waals surface area (Å²) in [7, 11) is 3.31. The largest absolute Gasteiger partial charge is 0.497 e. The number of rotatable bonds is 6. The van der Waals surface area contributed by atoms with E-state index < -0.39 is 0 Å². The highest BCUT2D eigenvalue weighted by Crippen LogP contribution is 2.24. The van der Waals surface area contributed by atoms with Crippen LogP contribution in [-0.2, 0) is 16.0 Å². The normalized spacial score (nSPS) is 19.2. The first-order valence-corrected chi connectivity index (χ1v) is 6.44. The third-order valence-corrected chi connectivity index (χ3v) is 3.07. The molecule has 2 rings (SSSR count).